The van der Waals surface area contributed by atoms with Crippen molar-refractivity contribution in [2.45, 2.75) is 12.5 Å². The van der Waals surface area contributed by atoms with Gasteiger partial charge in [-0.2, -0.15) is 0 Å². The van der Waals surface area contributed by atoms with E-state index in [1.807, 2.05) is 12.1 Å². The summed E-state index contributed by atoms with van der Waals surface area (Å²) in [6.45, 7) is 1.45. The molecule has 0 heterocycles. The van der Waals surface area contributed by atoms with Gasteiger partial charge in [-0.15, -0.1) is 0 Å². The quantitative estimate of drug-likeness (QED) is 0.526. The first-order valence-corrected chi connectivity index (χ1v) is 4.45. The summed E-state index contributed by atoms with van der Waals surface area (Å²) in [6, 6.07) is 7.18. The third-order valence-electron chi connectivity index (χ3n) is 2.03. The monoisotopic (exact) mass is 196 g/mol. The molecule has 4 nitrogen and oxygen atoms in total. The van der Waals surface area contributed by atoms with Crippen LogP contribution in [0.25, 0.3) is 0 Å². The summed E-state index contributed by atoms with van der Waals surface area (Å²) < 4.78 is 0. The van der Waals surface area contributed by atoms with E-state index in [4.69, 9.17) is 15.9 Å². The van der Waals surface area contributed by atoms with Gasteiger partial charge in [-0.3, -0.25) is 0 Å². The zero-order valence-electron chi connectivity index (χ0n) is 8.20. The molecule has 0 saturated heterocycles. The second-order valence-corrected chi connectivity index (χ2v) is 3.63. The van der Waals surface area contributed by atoms with Crippen molar-refractivity contribution in [1.29, 1.82) is 0 Å². The molecule has 4 heteroatoms. The fraction of sp³-hybridized carbons (Fsp3) is 0.400. The second-order valence-electron chi connectivity index (χ2n) is 3.63. The lowest BCUT2D eigenvalue weighted by molar-refractivity contribution is 0.147. The van der Waals surface area contributed by atoms with Gasteiger partial charge in [0, 0.05) is 11.4 Å². The van der Waals surface area contributed by atoms with E-state index in [0.29, 0.717) is 5.69 Å². The highest BCUT2D eigenvalue weighted by Crippen LogP contribution is 2.17. The maximum atomic E-state index is 9.06. The molecule has 1 rings (SSSR count). The lowest BCUT2D eigenvalue weighted by atomic mass is 10.0. The average Bonchev–Trinajstić information content (AvgIpc) is 2.18. The molecule has 1 aromatic rings. The highest BCUT2D eigenvalue weighted by atomic mass is 16.3. The summed E-state index contributed by atoms with van der Waals surface area (Å²) in [5.41, 5.74) is 6.31. The number of nitrogen functional groups attached to an aromatic ring is 1. The van der Waals surface area contributed by atoms with Gasteiger partial charge in [0.15, 0.2) is 0 Å². The number of anilines is 2. The van der Waals surface area contributed by atoms with Crippen molar-refractivity contribution >= 4 is 11.4 Å². The Hall–Kier alpha value is -1.26. The van der Waals surface area contributed by atoms with Crippen molar-refractivity contribution < 1.29 is 10.2 Å². The van der Waals surface area contributed by atoms with Crippen LogP contribution in [0.4, 0.5) is 11.4 Å². The van der Waals surface area contributed by atoms with Crippen LogP contribution < -0.4 is 11.1 Å². The molecule has 0 saturated carbocycles. The Morgan fingerprint density at radius 3 is 2.50 bits per heavy atom. The summed E-state index contributed by atoms with van der Waals surface area (Å²) in [6.07, 6.45) is 0. The first kappa shape index (κ1) is 10.8. The zero-order chi connectivity index (χ0) is 10.6. The van der Waals surface area contributed by atoms with E-state index in [1.54, 1.807) is 19.1 Å². The number of hydrogen-bond acceptors (Lipinski definition) is 4. The standard InChI is InChI=1S/C10H16N2O2/c1-10(6-13,7-14)12-9-4-2-3-8(11)5-9/h2-5,12-14H,6-7,11H2,1H3. The topological polar surface area (TPSA) is 78.5 Å². The molecule has 78 valence electrons. The van der Waals surface area contributed by atoms with E-state index in [2.05, 4.69) is 5.32 Å². The molecular weight excluding hydrogens is 180 g/mol. The molecule has 0 fully saturated rings. The highest BCUT2D eigenvalue weighted by Gasteiger charge is 2.21. The van der Waals surface area contributed by atoms with Crippen molar-refractivity contribution in [3.63, 3.8) is 0 Å². The number of nitrogens with two attached hydrogens (primary N) is 1. The van der Waals surface area contributed by atoms with Gasteiger partial charge in [-0.25, -0.2) is 0 Å². The van der Waals surface area contributed by atoms with E-state index >= 15 is 0 Å². The van der Waals surface area contributed by atoms with Gasteiger partial charge in [0.1, 0.15) is 0 Å². The van der Waals surface area contributed by atoms with E-state index in [9.17, 15) is 0 Å². The van der Waals surface area contributed by atoms with Crippen LogP contribution in [0.1, 0.15) is 6.92 Å². The van der Waals surface area contributed by atoms with E-state index in [1.165, 1.54) is 0 Å². The van der Waals surface area contributed by atoms with Crippen LogP contribution in [0.2, 0.25) is 0 Å². The maximum absolute atomic E-state index is 9.06. The molecule has 0 aromatic heterocycles. The predicted octanol–water partition coefficient (Wildman–Crippen LogP) is 0.424. The minimum Gasteiger partial charge on any atom is -0.399 e. The molecule has 5 N–H and O–H groups in total. The zero-order valence-corrected chi connectivity index (χ0v) is 8.20. The predicted molar refractivity (Wildman–Crippen MR) is 57.1 cm³/mol. The molecule has 0 unspecified atom stereocenters. The van der Waals surface area contributed by atoms with Crippen molar-refractivity contribution in [2.75, 3.05) is 24.3 Å². The van der Waals surface area contributed by atoms with Crippen molar-refractivity contribution in [3.8, 4) is 0 Å². The third kappa shape index (κ3) is 2.61. The minimum atomic E-state index is -0.714. The van der Waals surface area contributed by atoms with Gasteiger partial charge in [0.05, 0.1) is 18.8 Å². The smallest absolute Gasteiger partial charge is 0.0806 e. The van der Waals surface area contributed by atoms with Crippen molar-refractivity contribution in [3.05, 3.63) is 24.3 Å². The average molecular weight is 196 g/mol. The van der Waals surface area contributed by atoms with Gasteiger partial charge in [-0.1, -0.05) is 6.07 Å². The van der Waals surface area contributed by atoms with Crippen LogP contribution >= 0.6 is 0 Å². The van der Waals surface area contributed by atoms with E-state index < -0.39 is 5.54 Å². The van der Waals surface area contributed by atoms with Crippen LogP contribution in [-0.4, -0.2) is 29.0 Å². The lowest BCUT2D eigenvalue weighted by Gasteiger charge is -2.27. The summed E-state index contributed by atoms with van der Waals surface area (Å²) >= 11 is 0. The second kappa shape index (κ2) is 4.30. The molecule has 0 spiro atoms. The molecular formula is C10H16N2O2. The Balaban J connectivity index is 2.77. The fourth-order valence-electron chi connectivity index (χ4n) is 1.09. The number of benzene rings is 1. The molecule has 0 atom stereocenters. The number of nitrogens with one attached hydrogen (secondary N) is 1. The molecule has 0 aliphatic heterocycles. The number of rotatable bonds is 4. The first-order chi connectivity index (χ1) is 6.59. The Kier molecular flexibility index (Phi) is 3.33. The highest BCUT2D eigenvalue weighted by molar-refractivity contribution is 5.55. The summed E-state index contributed by atoms with van der Waals surface area (Å²) in [7, 11) is 0. The number of aliphatic hydroxyl groups is 2. The van der Waals surface area contributed by atoms with Crippen LogP contribution in [0, 0.1) is 0 Å². The van der Waals surface area contributed by atoms with Gasteiger partial charge in [0.25, 0.3) is 0 Å². The van der Waals surface area contributed by atoms with Crippen LogP contribution in [-0.2, 0) is 0 Å². The molecule has 0 amide bonds. The number of hydrogen-bond donors (Lipinski definition) is 4. The van der Waals surface area contributed by atoms with Gasteiger partial charge in [0.2, 0.25) is 0 Å². The molecule has 0 aliphatic carbocycles. The fourth-order valence-corrected chi connectivity index (χ4v) is 1.09. The van der Waals surface area contributed by atoms with Gasteiger partial charge in [-0.05, 0) is 25.1 Å². The van der Waals surface area contributed by atoms with Gasteiger partial charge >= 0.3 is 0 Å². The molecule has 14 heavy (non-hydrogen) atoms. The molecule has 1 aromatic carbocycles. The molecule has 0 bridgehead atoms. The van der Waals surface area contributed by atoms with Crippen LogP contribution in [0.5, 0.6) is 0 Å². The van der Waals surface area contributed by atoms with E-state index in [0.717, 1.165) is 5.69 Å². The van der Waals surface area contributed by atoms with Crippen molar-refractivity contribution in [1.82, 2.24) is 0 Å². The summed E-state index contributed by atoms with van der Waals surface area (Å²) in [5, 5.41) is 21.1. The normalized spacial score (nSPS) is 11.4. The molecule has 0 radical (unpaired) electrons. The van der Waals surface area contributed by atoms with Crippen molar-refractivity contribution in [2.24, 2.45) is 0 Å². The maximum Gasteiger partial charge on any atom is 0.0806 e. The first-order valence-electron chi connectivity index (χ1n) is 4.45. The number of aliphatic hydroxyl groups excluding tert-OH is 2. The Morgan fingerprint density at radius 2 is 2.00 bits per heavy atom. The van der Waals surface area contributed by atoms with Crippen LogP contribution in [0.15, 0.2) is 24.3 Å². The summed E-state index contributed by atoms with van der Waals surface area (Å²) in [5.74, 6) is 0. The van der Waals surface area contributed by atoms with Crippen LogP contribution in [0.3, 0.4) is 0 Å². The third-order valence-corrected chi connectivity index (χ3v) is 2.03. The Labute approximate surface area is 83.4 Å². The SMILES string of the molecule is CC(CO)(CO)Nc1cccc(N)c1. The minimum absolute atomic E-state index is 0.141. The largest absolute Gasteiger partial charge is 0.399 e. The summed E-state index contributed by atoms with van der Waals surface area (Å²) in [4.78, 5) is 0. The lowest BCUT2D eigenvalue weighted by Crippen LogP contribution is -2.42. The Morgan fingerprint density at radius 1 is 1.36 bits per heavy atom. The van der Waals surface area contributed by atoms with Gasteiger partial charge < -0.3 is 21.3 Å². The Bertz CT molecular complexity index is 298. The molecule has 0 aliphatic rings. The van der Waals surface area contributed by atoms with E-state index in [-0.39, 0.29) is 13.2 Å².